The van der Waals surface area contributed by atoms with Crippen molar-refractivity contribution in [1.82, 2.24) is 0 Å². The van der Waals surface area contributed by atoms with E-state index in [-0.39, 0.29) is 21.9 Å². The smallest absolute Gasteiger partial charge is 0.252 e. The normalized spacial score (nSPS) is 43.6. The van der Waals surface area contributed by atoms with Crippen LogP contribution < -0.4 is 26.2 Å². The number of anilines is 4. The van der Waals surface area contributed by atoms with Crippen LogP contribution in [0.2, 0.25) is 0 Å². The first-order valence-electron chi connectivity index (χ1n) is 23.7. The summed E-state index contributed by atoms with van der Waals surface area (Å²) in [7, 11) is 0. The Bertz CT molecular complexity index is 2040. The van der Waals surface area contributed by atoms with E-state index in [0.29, 0.717) is 6.71 Å². The van der Waals surface area contributed by atoms with E-state index < -0.39 is 0 Å². The van der Waals surface area contributed by atoms with Crippen molar-refractivity contribution >= 4 is 45.9 Å². The van der Waals surface area contributed by atoms with Crippen LogP contribution in [-0.2, 0) is 10.8 Å². The zero-order valence-corrected chi connectivity index (χ0v) is 34.9. The van der Waals surface area contributed by atoms with Gasteiger partial charge in [-0.2, -0.15) is 0 Å². The van der Waals surface area contributed by atoms with Crippen LogP contribution in [0.25, 0.3) is 0 Å². The van der Waals surface area contributed by atoms with Gasteiger partial charge in [-0.1, -0.05) is 107 Å². The maximum Gasteiger partial charge on any atom is 0.252 e. The maximum atomic E-state index is 3.11. The van der Waals surface area contributed by atoms with Crippen molar-refractivity contribution in [3.63, 3.8) is 0 Å². The average Bonchev–Trinajstić information content (AvgIpc) is 3.55. The van der Waals surface area contributed by atoms with Crippen molar-refractivity contribution in [1.29, 1.82) is 0 Å². The lowest BCUT2D eigenvalue weighted by molar-refractivity contribution is -0.0770. The van der Waals surface area contributed by atoms with Crippen LogP contribution >= 0.6 is 0 Å². The second-order valence-electron chi connectivity index (χ2n) is 22.2. The predicted molar refractivity (Wildman–Crippen MR) is 231 cm³/mol. The number of nitrogens with zero attached hydrogens (tertiary/aromatic N) is 2. The highest BCUT2D eigenvalue weighted by atomic mass is 15.3. The number of rotatable bonds is 0. The van der Waals surface area contributed by atoms with Crippen LogP contribution in [-0.4, -0.2) is 17.8 Å². The van der Waals surface area contributed by atoms with Gasteiger partial charge in [0.25, 0.3) is 6.71 Å². The molecular weight excluding hydrogens is 663 g/mol. The largest absolute Gasteiger partial charge is 0.335 e. The molecule has 3 aromatic rings. The fourth-order valence-electron chi connectivity index (χ4n) is 19.0. The third-order valence-electron chi connectivity index (χ3n) is 20.9. The van der Waals surface area contributed by atoms with E-state index in [1.165, 1.54) is 114 Å². The van der Waals surface area contributed by atoms with Gasteiger partial charge in [0.05, 0.1) is 11.1 Å². The van der Waals surface area contributed by atoms with E-state index in [2.05, 4.69) is 93.8 Å². The van der Waals surface area contributed by atoms with Crippen molar-refractivity contribution < 1.29 is 0 Å². The maximum absolute atomic E-state index is 3.11. The van der Waals surface area contributed by atoms with Crippen molar-refractivity contribution in [2.45, 2.75) is 166 Å². The van der Waals surface area contributed by atoms with E-state index >= 15 is 0 Å². The molecule has 2 nitrogen and oxygen atoms in total. The number of hydrogen-bond donors (Lipinski definition) is 0. The van der Waals surface area contributed by atoms with Gasteiger partial charge in [0.2, 0.25) is 0 Å². The van der Waals surface area contributed by atoms with Crippen LogP contribution in [0.1, 0.15) is 153 Å². The SMILES string of the molecule is Cc1cc2c3c(c1)C1(C)C4CCCCC4C4CCCCC4C1(C)N3c1cccc3c1B2c1cc(C)cc2c1N3C1(C)C3CCCCC3C3CCCCC3C21C. The first-order valence-corrected chi connectivity index (χ1v) is 23.7. The van der Waals surface area contributed by atoms with Gasteiger partial charge in [0.1, 0.15) is 0 Å². The molecule has 4 aliphatic heterocycles. The summed E-state index contributed by atoms with van der Waals surface area (Å²) in [5.74, 6) is 6.62. The zero-order valence-electron chi connectivity index (χ0n) is 34.9. The molecule has 0 aromatic heterocycles. The van der Waals surface area contributed by atoms with E-state index in [9.17, 15) is 0 Å². The monoisotopic (exact) mass is 729 g/mol. The Kier molecular flexibility index (Phi) is 6.47. The van der Waals surface area contributed by atoms with Crippen molar-refractivity contribution in [2.75, 3.05) is 9.80 Å². The molecule has 6 saturated carbocycles. The molecule has 286 valence electrons. The van der Waals surface area contributed by atoms with Gasteiger partial charge in [-0.25, -0.2) is 0 Å². The third-order valence-corrected chi connectivity index (χ3v) is 20.9. The van der Waals surface area contributed by atoms with Gasteiger partial charge in [-0.3, -0.25) is 0 Å². The highest BCUT2D eigenvalue weighted by molar-refractivity contribution is 7.00. The zero-order chi connectivity index (χ0) is 37.0. The minimum atomic E-state index is 0.0810. The molecule has 0 N–H and O–H groups in total. The fraction of sp³-hybridized carbons (Fsp3) is 0.654. The first-order chi connectivity index (χ1) is 26.6. The van der Waals surface area contributed by atoms with Crippen molar-refractivity contribution in [2.24, 2.45) is 47.3 Å². The Morgan fingerprint density at radius 1 is 0.491 bits per heavy atom. The summed E-state index contributed by atoms with van der Waals surface area (Å²) in [5.41, 5.74) is 18.4. The summed E-state index contributed by atoms with van der Waals surface area (Å²) < 4.78 is 0. The van der Waals surface area contributed by atoms with Gasteiger partial charge in [-0.05, 0) is 166 Å². The minimum Gasteiger partial charge on any atom is -0.335 e. The standard InChI is InChI=1S/C52H65BN2/c1-30-26-40-47-42(28-30)53-43-29-31(2)27-41-48(43)55(52(6)39-23-14-10-19-35(39)33-17-8-12-21-37(33)50(41,52)4)45-25-15-24-44(46(45)53)54(47)51(5)38-22-13-9-18-34(38)32-16-7-11-20-36(32)49(40,51)3/h15,24-29,32-39H,7-14,16-23H2,1-6H3. The van der Waals surface area contributed by atoms with E-state index in [1.807, 2.05) is 0 Å². The summed E-state index contributed by atoms with van der Waals surface area (Å²) in [6, 6.07) is 18.6. The molecule has 55 heavy (non-hydrogen) atoms. The first kappa shape index (κ1) is 33.3. The molecule has 6 aliphatic carbocycles. The fourth-order valence-corrected chi connectivity index (χ4v) is 19.0. The third kappa shape index (κ3) is 3.48. The molecule has 0 spiro atoms. The van der Waals surface area contributed by atoms with Gasteiger partial charge in [0, 0.05) is 33.6 Å². The summed E-state index contributed by atoms with van der Waals surface area (Å²) in [6.45, 7) is 16.5. The number of aryl methyl sites for hydroxylation is 2. The Labute approximate surface area is 332 Å². The molecule has 3 aromatic carbocycles. The quantitative estimate of drug-likeness (QED) is 0.213. The lowest BCUT2D eigenvalue weighted by atomic mass is 9.33. The molecule has 0 bridgehead atoms. The Morgan fingerprint density at radius 3 is 1.27 bits per heavy atom. The van der Waals surface area contributed by atoms with Gasteiger partial charge in [0.15, 0.2) is 0 Å². The van der Waals surface area contributed by atoms with Crippen LogP contribution in [0.3, 0.4) is 0 Å². The predicted octanol–water partition coefficient (Wildman–Crippen LogP) is 11.0. The van der Waals surface area contributed by atoms with Gasteiger partial charge >= 0.3 is 0 Å². The number of fused-ring (bicyclic) bond motifs is 20. The molecule has 4 heterocycles. The van der Waals surface area contributed by atoms with Crippen molar-refractivity contribution in [3.05, 3.63) is 64.7 Å². The van der Waals surface area contributed by atoms with Gasteiger partial charge in [-0.15, -0.1) is 0 Å². The molecule has 12 unspecified atom stereocenters. The Morgan fingerprint density at radius 2 is 0.855 bits per heavy atom. The minimum absolute atomic E-state index is 0.0810. The average molecular weight is 729 g/mol. The lowest BCUT2D eigenvalue weighted by Gasteiger charge is -2.66. The highest BCUT2D eigenvalue weighted by Gasteiger charge is 2.74. The summed E-state index contributed by atoms with van der Waals surface area (Å²) in [5, 5.41) is 0. The molecule has 12 atom stereocenters. The topological polar surface area (TPSA) is 6.48 Å². The molecule has 0 radical (unpaired) electrons. The number of hydrogen-bond acceptors (Lipinski definition) is 2. The van der Waals surface area contributed by atoms with Crippen LogP contribution in [0, 0.1) is 61.2 Å². The lowest BCUT2D eigenvalue weighted by Crippen LogP contribution is -2.72. The van der Waals surface area contributed by atoms with Crippen LogP contribution in [0.4, 0.5) is 22.7 Å². The van der Waals surface area contributed by atoms with E-state index in [1.54, 1.807) is 50.3 Å². The summed E-state index contributed by atoms with van der Waals surface area (Å²) in [6.07, 6.45) is 23.0. The van der Waals surface area contributed by atoms with Crippen LogP contribution in [0.5, 0.6) is 0 Å². The molecule has 10 aliphatic rings. The molecule has 3 heteroatoms. The highest BCUT2D eigenvalue weighted by Crippen LogP contribution is 2.73. The molecule has 13 rings (SSSR count). The molecule has 0 amide bonds. The second-order valence-corrected chi connectivity index (χ2v) is 22.2. The van der Waals surface area contributed by atoms with Gasteiger partial charge < -0.3 is 9.80 Å². The molecular formula is C52H65BN2. The summed E-state index contributed by atoms with van der Waals surface area (Å²) >= 11 is 0. The molecule has 6 fully saturated rings. The van der Waals surface area contributed by atoms with Crippen molar-refractivity contribution in [3.8, 4) is 0 Å². The van der Waals surface area contributed by atoms with E-state index in [0.717, 1.165) is 47.3 Å². The Balaban J connectivity index is 1.12. The molecule has 0 saturated heterocycles. The number of benzene rings is 3. The second kappa shape index (κ2) is 10.7. The Hall–Kier alpha value is -2.68. The van der Waals surface area contributed by atoms with E-state index in [4.69, 9.17) is 0 Å². The summed E-state index contributed by atoms with van der Waals surface area (Å²) in [4.78, 5) is 6.22. The van der Waals surface area contributed by atoms with Crippen LogP contribution in [0.15, 0.2) is 42.5 Å².